The third-order valence-electron chi connectivity index (χ3n) is 2.55. The molecule has 0 radical (unpaired) electrons. The Morgan fingerprint density at radius 2 is 2.10 bits per heavy atom. The number of thioether (sulfide) groups is 1. The Morgan fingerprint density at radius 3 is 2.81 bits per heavy atom. The lowest BCUT2D eigenvalue weighted by atomic mass is 10.3. The van der Waals surface area contributed by atoms with E-state index in [1.54, 1.807) is 24.3 Å². The topological polar surface area (TPSA) is 47.0 Å². The highest BCUT2D eigenvalue weighted by Crippen LogP contribution is 2.34. The Kier molecular flexibility index (Phi) is 5.96. The summed E-state index contributed by atoms with van der Waals surface area (Å²) in [5.41, 5.74) is 0. The largest absolute Gasteiger partial charge is 0.437 e. The van der Waals surface area contributed by atoms with Gasteiger partial charge in [0.15, 0.2) is 5.16 Å². The monoisotopic (exact) mass is 343 g/mol. The van der Waals surface area contributed by atoms with E-state index in [-0.39, 0.29) is 0 Å². The van der Waals surface area contributed by atoms with Gasteiger partial charge in [-0.1, -0.05) is 48.0 Å². The van der Waals surface area contributed by atoms with Crippen molar-refractivity contribution >= 4 is 40.8 Å². The molecular weight excluding hydrogens is 329 g/mol. The van der Waals surface area contributed by atoms with E-state index in [1.165, 1.54) is 11.8 Å². The van der Waals surface area contributed by atoms with Crippen molar-refractivity contribution in [3.05, 3.63) is 34.3 Å². The van der Waals surface area contributed by atoms with Gasteiger partial charge in [0.25, 0.3) is 0 Å². The second-order valence-electron chi connectivity index (χ2n) is 4.16. The van der Waals surface area contributed by atoms with E-state index in [2.05, 4.69) is 22.2 Å². The van der Waals surface area contributed by atoms with Gasteiger partial charge in [-0.05, 0) is 24.8 Å². The predicted molar refractivity (Wildman–Crippen MR) is 89.1 cm³/mol. The molecule has 1 aromatic heterocycles. The summed E-state index contributed by atoms with van der Waals surface area (Å²) in [5, 5.41) is 4.66. The molecular formula is C14H15Cl2N3OS. The fourth-order valence-corrected chi connectivity index (χ4v) is 2.27. The minimum absolute atomic E-state index is 0.367. The molecule has 2 aromatic rings. The molecule has 21 heavy (non-hydrogen) atoms. The molecule has 0 bridgehead atoms. The summed E-state index contributed by atoms with van der Waals surface area (Å²) < 4.78 is 5.73. The van der Waals surface area contributed by atoms with Crippen LogP contribution in [0.25, 0.3) is 0 Å². The fraction of sp³-hybridized carbons (Fsp3) is 0.286. The number of hydrogen-bond donors (Lipinski definition) is 1. The normalized spacial score (nSPS) is 10.5. The van der Waals surface area contributed by atoms with Crippen LogP contribution in [0.3, 0.4) is 0 Å². The molecule has 112 valence electrons. The first-order valence-corrected chi connectivity index (χ1v) is 8.41. The van der Waals surface area contributed by atoms with Gasteiger partial charge in [-0.2, -0.15) is 4.98 Å². The molecule has 0 aliphatic heterocycles. The standard InChI is InChI=1S/C14H15Cl2N3OS/c1-3-7-17-11-8-12(19-14(18-11)21-2)20-10-6-4-5-9(15)13(10)16/h4-6,8H,3,7H2,1-2H3,(H,17,18,19). The van der Waals surface area contributed by atoms with Crippen LogP contribution in [0, 0.1) is 0 Å². The first-order chi connectivity index (χ1) is 10.1. The fourth-order valence-electron chi connectivity index (χ4n) is 1.57. The third kappa shape index (κ3) is 4.40. The first-order valence-electron chi connectivity index (χ1n) is 6.43. The second-order valence-corrected chi connectivity index (χ2v) is 5.72. The number of rotatable bonds is 6. The first kappa shape index (κ1) is 16.2. The van der Waals surface area contributed by atoms with Crippen molar-refractivity contribution in [2.45, 2.75) is 18.5 Å². The molecule has 7 heteroatoms. The van der Waals surface area contributed by atoms with Gasteiger partial charge in [-0.15, -0.1) is 0 Å². The minimum Gasteiger partial charge on any atom is -0.437 e. The number of ether oxygens (including phenoxy) is 1. The van der Waals surface area contributed by atoms with Crippen molar-refractivity contribution in [3.63, 3.8) is 0 Å². The highest BCUT2D eigenvalue weighted by atomic mass is 35.5. The maximum absolute atomic E-state index is 6.12. The van der Waals surface area contributed by atoms with Gasteiger partial charge < -0.3 is 10.1 Å². The summed E-state index contributed by atoms with van der Waals surface area (Å²) in [6.45, 7) is 2.93. The van der Waals surface area contributed by atoms with Crippen LogP contribution in [0.15, 0.2) is 29.4 Å². The zero-order chi connectivity index (χ0) is 15.2. The molecule has 1 N–H and O–H groups in total. The van der Waals surface area contributed by atoms with Crippen LogP contribution in [-0.2, 0) is 0 Å². The summed E-state index contributed by atoms with van der Waals surface area (Å²) in [6.07, 6.45) is 2.92. The van der Waals surface area contributed by atoms with Crippen LogP contribution >= 0.6 is 35.0 Å². The van der Waals surface area contributed by atoms with Crippen LogP contribution in [0.5, 0.6) is 11.6 Å². The summed E-state index contributed by atoms with van der Waals surface area (Å²) in [6, 6.07) is 6.97. The van der Waals surface area contributed by atoms with Crippen molar-refractivity contribution in [2.75, 3.05) is 18.1 Å². The quantitative estimate of drug-likeness (QED) is 0.582. The molecule has 4 nitrogen and oxygen atoms in total. The third-order valence-corrected chi connectivity index (χ3v) is 3.90. The number of hydrogen-bond acceptors (Lipinski definition) is 5. The molecule has 0 saturated heterocycles. The Morgan fingerprint density at radius 1 is 1.29 bits per heavy atom. The van der Waals surface area contributed by atoms with E-state index in [0.29, 0.717) is 26.8 Å². The summed E-state index contributed by atoms with van der Waals surface area (Å²) in [5.74, 6) is 1.62. The number of halogens is 2. The van der Waals surface area contributed by atoms with Crippen LogP contribution in [-0.4, -0.2) is 22.8 Å². The van der Waals surface area contributed by atoms with E-state index in [9.17, 15) is 0 Å². The molecule has 0 aliphatic carbocycles. The number of aromatic nitrogens is 2. The lowest BCUT2D eigenvalue weighted by molar-refractivity contribution is 0.456. The van der Waals surface area contributed by atoms with E-state index in [4.69, 9.17) is 27.9 Å². The molecule has 1 heterocycles. The van der Waals surface area contributed by atoms with Gasteiger partial charge in [0, 0.05) is 12.6 Å². The average molecular weight is 344 g/mol. The average Bonchev–Trinajstić information content (AvgIpc) is 2.49. The van der Waals surface area contributed by atoms with Gasteiger partial charge in [0.2, 0.25) is 5.88 Å². The molecule has 0 spiro atoms. The van der Waals surface area contributed by atoms with E-state index < -0.39 is 0 Å². The molecule has 0 atom stereocenters. The maximum atomic E-state index is 6.12. The van der Waals surface area contributed by atoms with Crippen molar-refractivity contribution in [2.24, 2.45) is 0 Å². The molecule has 0 amide bonds. The van der Waals surface area contributed by atoms with Crippen molar-refractivity contribution in [1.29, 1.82) is 0 Å². The highest BCUT2D eigenvalue weighted by Gasteiger charge is 2.10. The van der Waals surface area contributed by atoms with E-state index in [1.807, 2.05) is 6.26 Å². The zero-order valence-electron chi connectivity index (χ0n) is 11.7. The number of nitrogens with one attached hydrogen (secondary N) is 1. The van der Waals surface area contributed by atoms with Gasteiger partial charge in [0.1, 0.15) is 16.6 Å². The molecule has 0 saturated carbocycles. The number of benzene rings is 1. The van der Waals surface area contributed by atoms with Crippen LogP contribution in [0.4, 0.5) is 5.82 Å². The summed E-state index contributed by atoms with van der Waals surface area (Å²) in [7, 11) is 0. The minimum atomic E-state index is 0.367. The molecule has 1 aromatic carbocycles. The smallest absolute Gasteiger partial charge is 0.225 e. The van der Waals surface area contributed by atoms with Gasteiger partial charge >= 0.3 is 0 Å². The van der Waals surface area contributed by atoms with Crippen molar-refractivity contribution in [3.8, 4) is 11.6 Å². The summed E-state index contributed by atoms with van der Waals surface area (Å²) in [4.78, 5) is 8.69. The Hall–Kier alpha value is -1.17. The Labute approximate surface area is 138 Å². The number of anilines is 1. The van der Waals surface area contributed by atoms with E-state index >= 15 is 0 Å². The number of nitrogens with zero attached hydrogens (tertiary/aromatic N) is 2. The second kappa shape index (κ2) is 7.73. The van der Waals surface area contributed by atoms with Crippen LogP contribution in [0.1, 0.15) is 13.3 Å². The predicted octanol–water partition coefficient (Wildman–Crippen LogP) is 5.12. The van der Waals surface area contributed by atoms with Crippen LogP contribution < -0.4 is 10.1 Å². The van der Waals surface area contributed by atoms with Crippen molar-refractivity contribution < 1.29 is 4.74 Å². The van der Waals surface area contributed by atoms with Crippen LogP contribution in [0.2, 0.25) is 10.0 Å². The highest BCUT2D eigenvalue weighted by molar-refractivity contribution is 7.98. The zero-order valence-corrected chi connectivity index (χ0v) is 14.0. The Balaban J connectivity index is 2.28. The summed E-state index contributed by atoms with van der Waals surface area (Å²) >= 11 is 13.5. The lowest BCUT2D eigenvalue weighted by Gasteiger charge is -2.10. The lowest BCUT2D eigenvalue weighted by Crippen LogP contribution is -2.04. The Bertz CT molecular complexity index is 625. The molecule has 2 rings (SSSR count). The molecule has 0 unspecified atom stereocenters. The van der Waals surface area contributed by atoms with Gasteiger partial charge in [-0.3, -0.25) is 0 Å². The van der Waals surface area contributed by atoms with Gasteiger partial charge in [-0.25, -0.2) is 4.98 Å². The molecule has 0 fully saturated rings. The maximum Gasteiger partial charge on any atom is 0.225 e. The SMILES string of the molecule is CCCNc1cc(Oc2cccc(Cl)c2Cl)nc(SC)n1. The van der Waals surface area contributed by atoms with Crippen molar-refractivity contribution in [1.82, 2.24) is 9.97 Å². The van der Waals surface area contributed by atoms with Gasteiger partial charge in [0.05, 0.1) is 5.02 Å². The molecule has 0 aliphatic rings. The van der Waals surface area contributed by atoms with E-state index in [0.717, 1.165) is 18.8 Å².